The van der Waals surface area contributed by atoms with E-state index in [2.05, 4.69) is 36.1 Å². The number of likely N-dealkylation sites (tertiary alicyclic amines) is 1. The number of aromatic nitrogens is 2. The molecule has 4 N–H and O–H groups in total. The molecule has 0 radical (unpaired) electrons. The Morgan fingerprint density at radius 2 is 1.73 bits per heavy atom. The third kappa shape index (κ3) is 8.91. The molecule has 5 heterocycles. The second-order valence-corrected chi connectivity index (χ2v) is 16.9. The molecule has 3 aromatic rings. The smallest absolute Gasteiger partial charge is 0.342 e. The van der Waals surface area contributed by atoms with Gasteiger partial charge in [-0.1, -0.05) is 25.3 Å². The first-order valence-electron chi connectivity index (χ1n) is 21.8. The Bertz CT molecular complexity index is 2350. The summed E-state index contributed by atoms with van der Waals surface area (Å²) in [6, 6.07) is 5.94. The first-order valence-corrected chi connectivity index (χ1v) is 21.8. The van der Waals surface area contributed by atoms with Crippen LogP contribution in [0, 0.1) is 5.82 Å². The molecule has 0 bridgehead atoms. The van der Waals surface area contributed by atoms with E-state index in [1.807, 2.05) is 0 Å². The van der Waals surface area contributed by atoms with Gasteiger partial charge in [0.15, 0.2) is 5.82 Å². The number of nitrogens with one attached hydrogen (secondary N) is 4. The Kier molecular flexibility index (Phi) is 12.8. The number of amides is 6. The lowest BCUT2D eigenvalue weighted by Gasteiger charge is -2.32. The predicted octanol–water partition coefficient (Wildman–Crippen LogP) is 4.61. The highest BCUT2D eigenvalue weighted by Gasteiger charge is 2.49. The minimum Gasteiger partial charge on any atom is -0.495 e. The number of piperidine rings is 2. The van der Waals surface area contributed by atoms with Crippen molar-refractivity contribution in [1.29, 1.82) is 0 Å². The predicted molar refractivity (Wildman–Crippen MR) is 229 cm³/mol. The molecule has 3 fully saturated rings. The van der Waals surface area contributed by atoms with Gasteiger partial charge in [-0.3, -0.25) is 39.0 Å². The number of halogens is 3. The number of carbonyl (C=O) groups excluding carboxylic acids is 6. The number of anilines is 5. The Morgan fingerprint density at radius 1 is 0.969 bits per heavy atom. The summed E-state index contributed by atoms with van der Waals surface area (Å²) in [6.07, 6.45) is 8.49. The Labute approximate surface area is 367 Å². The number of nitrogens with zero attached hydrogens (tertiary/aromatic N) is 6. The molecule has 1 saturated carbocycles. The van der Waals surface area contributed by atoms with Crippen molar-refractivity contribution in [2.45, 2.75) is 94.7 Å². The van der Waals surface area contributed by atoms with Crippen LogP contribution < -0.4 is 35.8 Å². The van der Waals surface area contributed by atoms with Gasteiger partial charge in [-0.15, -0.1) is 0 Å². The highest BCUT2D eigenvalue weighted by molar-refractivity contribution is 6.25. The summed E-state index contributed by atoms with van der Waals surface area (Å²) < 4.78 is 51.2. The van der Waals surface area contributed by atoms with Crippen molar-refractivity contribution in [3.8, 4) is 5.75 Å². The summed E-state index contributed by atoms with van der Waals surface area (Å²) in [5.74, 6) is -8.30. The SMILES string of the molecule is COc1cc(C(=O)NC2CCN(CCCCCNc3cccc4c3C(=O)N(C3CCC(=O)NC3=O)C4=O)CC2)c(F)cc1Nc1ncc2c(n1)N(C1CCCC1)CC(F)(F)C(=O)N2C. The molecular weight excluding hydrogens is 838 g/mol. The summed E-state index contributed by atoms with van der Waals surface area (Å²) in [5, 5.41) is 11.4. The van der Waals surface area contributed by atoms with E-state index in [-0.39, 0.29) is 70.5 Å². The number of rotatable bonds is 14. The average molecular weight is 889 g/mol. The highest BCUT2D eigenvalue weighted by Crippen LogP contribution is 2.40. The molecular formula is C44H51F3N10O7. The number of unbranched alkanes of at least 4 members (excludes halogenated alkanes) is 2. The maximum atomic E-state index is 15.6. The van der Waals surface area contributed by atoms with E-state index in [9.17, 15) is 28.8 Å². The van der Waals surface area contributed by atoms with Gasteiger partial charge in [-0.05, 0) is 69.7 Å². The number of imide groups is 2. The van der Waals surface area contributed by atoms with Gasteiger partial charge in [0, 0.05) is 56.9 Å². The van der Waals surface area contributed by atoms with Crippen molar-refractivity contribution < 1.29 is 46.7 Å². The first-order chi connectivity index (χ1) is 30.7. The lowest BCUT2D eigenvalue weighted by molar-refractivity contribution is -0.140. The molecule has 2 saturated heterocycles. The summed E-state index contributed by atoms with van der Waals surface area (Å²) in [5.41, 5.74) is 1.02. The quantitative estimate of drug-likeness (QED) is 0.130. The number of ether oxygens (including phenoxy) is 1. The molecule has 1 aliphatic carbocycles. The molecule has 20 heteroatoms. The van der Waals surface area contributed by atoms with Crippen LogP contribution in [0.1, 0.15) is 102 Å². The van der Waals surface area contributed by atoms with Crippen LogP contribution in [0.5, 0.6) is 5.75 Å². The maximum Gasteiger partial charge on any atom is 0.342 e. The molecule has 340 valence electrons. The van der Waals surface area contributed by atoms with Crippen LogP contribution in [0.3, 0.4) is 0 Å². The number of hydrogen-bond donors (Lipinski definition) is 4. The van der Waals surface area contributed by atoms with Gasteiger partial charge in [0.1, 0.15) is 23.3 Å². The minimum atomic E-state index is -3.64. The van der Waals surface area contributed by atoms with Crippen LogP contribution in [0.2, 0.25) is 0 Å². The molecule has 17 nitrogen and oxygen atoms in total. The number of hydrogen-bond acceptors (Lipinski definition) is 13. The standard InChI is InChI=1S/C44H51F3N10O7/c1-54-33-23-49-43(53-37(33)56(26-9-4-5-10-26)24-44(46,47)42(54)63)51-31-22-29(45)28(21-34(31)64-2)38(59)50-25-15-19-55(20-16-25)18-7-3-6-17-48-30-12-8-11-27-36(30)41(62)57(40(27)61)32-13-14-35(58)52-39(32)60/h8,11-12,21-23,25-26,32,48H,3-7,9-10,13-20,24H2,1-2H3,(H,50,59)(H,49,51,53)(H,52,58,60). The molecule has 1 unspecified atom stereocenters. The van der Waals surface area contributed by atoms with Crippen molar-refractivity contribution in [2.75, 3.05) is 67.3 Å². The minimum absolute atomic E-state index is 0.0285. The zero-order valence-electron chi connectivity index (χ0n) is 35.7. The monoisotopic (exact) mass is 888 g/mol. The van der Waals surface area contributed by atoms with Crippen molar-refractivity contribution in [1.82, 2.24) is 30.4 Å². The summed E-state index contributed by atoms with van der Waals surface area (Å²) >= 11 is 0. The Hall–Kier alpha value is -6.31. The van der Waals surface area contributed by atoms with Crippen molar-refractivity contribution in [3.63, 3.8) is 0 Å². The summed E-state index contributed by atoms with van der Waals surface area (Å²) in [4.78, 5) is 91.0. The summed E-state index contributed by atoms with van der Waals surface area (Å²) in [7, 11) is 2.63. The van der Waals surface area contributed by atoms with E-state index < -0.39 is 59.8 Å². The molecule has 64 heavy (non-hydrogen) atoms. The van der Waals surface area contributed by atoms with Crippen molar-refractivity contribution in [3.05, 3.63) is 59.0 Å². The van der Waals surface area contributed by atoms with E-state index in [1.165, 1.54) is 31.3 Å². The van der Waals surface area contributed by atoms with Gasteiger partial charge in [0.25, 0.3) is 23.6 Å². The van der Waals surface area contributed by atoms with Crippen LogP contribution in [0.4, 0.5) is 42.0 Å². The molecule has 5 aliphatic rings. The average Bonchev–Trinajstić information content (AvgIpc) is 3.89. The largest absolute Gasteiger partial charge is 0.495 e. The van der Waals surface area contributed by atoms with Crippen LogP contribution in [0.15, 0.2) is 36.5 Å². The first kappa shape index (κ1) is 44.3. The van der Waals surface area contributed by atoms with E-state index in [0.717, 1.165) is 67.6 Å². The fraction of sp³-hybridized carbons (Fsp3) is 0.500. The third-order valence-electron chi connectivity index (χ3n) is 12.8. The Morgan fingerprint density at radius 3 is 2.47 bits per heavy atom. The third-order valence-corrected chi connectivity index (χ3v) is 12.8. The van der Waals surface area contributed by atoms with Crippen LogP contribution in [0.25, 0.3) is 0 Å². The van der Waals surface area contributed by atoms with Gasteiger partial charge in [-0.2, -0.15) is 13.8 Å². The second-order valence-electron chi connectivity index (χ2n) is 16.9. The molecule has 2 aromatic carbocycles. The van der Waals surface area contributed by atoms with Gasteiger partial charge in [0.2, 0.25) is 17.8 Å². The maximum absolute atomic E-state index is 15.6. The van der Waals surface area contributed by atoms with E-state index >= 15 is 13.2 Å². The molecule has 8 rings (SSSR count). The van der Waals surface area contributed by atoms with Gasteiger partial charge < -0.3 is 35.4 Å². The lowest BCUT2D eigenvalue weighted by Crippen LogP contribution is -2.54. The lowest BCUT2D eigenvalue weighted by atomic mass is 10.0. The topological polar surface area (TPSA) is 199 Å². The van der Waals surface area contributed by atoms with E-state index in [1.54, 1.807) is 18.2 Å². The molecule has 1 atom stereocenters. The fourth-order valence-electron chi connectivity index (χ4n) is 9.30. The van der Waals surface area contributed by atoms with Gasteiger partial charge >= 0.3 is 5.92 Å². The molecule has 6 amide bonds. The Balaban J connectivity index is 0.801. The second kappa shape index (κ2) is 18.4. The van der Waals surface area contributed by atoms with Gasteiger partial charge in [0.05, 0.1) is 42.2 Å². The number of carbonyl (C=O) groups is 6. The van der Waals surface area contributed by atoms with E-state index in [4.69, 9.17) is 4.74 Å². The van der Waals surface area contributed by atoms with Gasteiger partial charge in [-0.25, -0.2) is 9.37 Å². The number of benzene rings is 2. The van der Waals surface area contributed by atoms with E-state index in [0.29, 0.717) is 37.9 Å². The van der Waals surface area contributed by atoms with Crippen molar-refractivity contribution in [2.24, 2.45) is 0 Å². The molecule has 0 spiro atoms. The van der Waals surface area contributed by atoms with Crippen LogP contribution in [-0.2, 0) is 14.4 Å². The molecule has 1 aromatic heterocycles. The number of methoxy groups -OCH3 is 1. The molecule has 4 aliphatic heterocycles. The number of fused-ring (bicyclic) bond motifs is 2. The zero-order chi connectivity index (χ0) is 45.3. The van der Waals surface area contributed by atoms with Crippen LogP contribution in [-0.4, -0.2) is 126 Å². The summed E-state index contributed by atoms with van der Waals surface area (Å²) in [6.45, 7) is 2.08. The zero-order valence-corrected chi connectivity index (χ0v) is 35.7. The van der Waals surface area contributed by atoms with Crippen LogP contribution >= 0.6 is 0 Å². The number of alkyl halides is 2. The van der Waals surface area contributed by atoms with Crippen molar-refractivity contribution >= 4 is 64.3 Å². The fourth-order valence-corrected chi connectivity index (χ4v) is 9.30. The normalized spacial score (nSPS) is 20.5. The highest BCUT2D eigenvalue weighted by atomic mass is 19.3.